The van der Waals surface area contributed by atoms with Gasteiger partial charge in [0.1, 0.15) is 0 Å². The van der Waals surface area contributed by atoms with E-state index in [0.717, 1.165) is 34.0 Å². The van der Waals surface area contributed by atoms with E-state index in [2.05, 4.69) is 15.0 Å². The average Bonchev–Trinajstić information content (AvgIpc) is 3.28. The van der Waals surface area contributed by atoms with E-state index in [1.54, 1.807) is 18.2 Å². The van der Waals surface area contributed by atoms with Crippen molar-refractivity contribution in [3.8, 4) is 32.1 Å². The summed E-state index contributed by atoms with van der Waals surface area (Å²) in [5.74, 6) is 0.810. The Kier molecular flexibility index (Phi) is 3.91. The van der Waals surface area contributed by atoms with Gasteiger partial charge >= 0.3 is 0 Å². The van der Waals surface area contributed by atoms with E-state index in [4.69, 9.17) is 0 Å². The Morgan fingerprint density at radius 3 is 1.00 bits per heavy atom. The van der Waals surface area contributed by atoms with Crippen LogP contribution in [0.5, 0.6) is 0 Å². The summed E-state index contributed by atoms with van der Waals surface area (Å²) in [5.41, 5.74) is 0. The van der Waals surface area contributed by atoms with Crippen LogP contribution in [0.2, 0.25) is 0 Å². The molecule has 0 aromatic carbocycles. The van der Waals surface area contributed by atoms with Gasteiger partial charge in [0.15, 0.2) is 32.9 Å². The lowest BCUT2D eigenvalue weighted by molar-refractivity contribution is 0.657. The Morgan fingerprint density at radius 1 is 0.500 bits per heavy atom. The van der Waals surface area contributed by atoms with Gasteiger partial charge < -0.3 is 0 Å². The molecule has 0 amide bonds. The fourth-order valence-corrected chi connectivity index (χ4v) is 4.00. The number of aromatic nitrogens is 3. The number of thiophene rings is 3. The zero-order chi connectivity index (χ0) is 16.7. The molecule has 0 spiro atoms. The molecule has 0 bridgehead atoms. The smallest absolute Gasteiger partial charge is 0.177 e. The molecule has 24 heavy (non-hydrogen) atoms. The van der Waals surface area contributed by atoms with Crippen molar-refractivity contribution in [1.29, 1.82) is 0 Å². The Hall–Kier alpha value is -2.10. The number of nitrogens with zero attached hydrogens (tertiary/aromatic N) is 3. The van der Waals surface area contributed by atoms with Crippen LogP contribution in [0.25, 0.3) is 32.1 Å². The highest BCUT2D eigenvalue weighted by Gasteiger charge is 2.16. The van der Waals surface area contributed by atoms with Crippen molar-refractivity contribution in [1.82, 2.24) is 15.0 Å². The fourth-order valence-electron chi connectivity index (χ4n) is 2.01. The van der Waals surface area contributed by atoms with E-state index in [1.165, 1.54) is 18.2 Å². The lowest BCUT2D eigenvalue weighted by atomic mass is 10.3. The largest absolute Gasteiger partial charge is 0.206 e. The third-order valence-electron chi connectivity index (χ3n) is 3.02. The van der Waals surface area contributed by atoms with E-state index < -0.39 is 0 Å². The van der Waals surface area contributed by atoms with Gasteiger partial charge in [-0.3, -0.25) is 0 Å². The second kappa shape index (κ2) is 6.08. The first-order chi connectivity index (χ1) is 11.6. The van der Waals surface area contributed by atoms with Gasteiger partial charge in [0.25, 0.3) is 0 Å². The van der Waals surface area contributed by atoms with E-state index in [1.807, 2.05) is 0 Å². The first-order valence-corrected chi connectivity index (χ1v) is 9.06. The summed E-state index contributed by atoms with van der Waals surface area (Å²) in [4.78, 5) is 14.5. The molecule has 0 atom stereocenters. The summed E-state index contributed by atoms with van der Waals surface area (Å²) in [7, 11) is 0. The van der Waals surface area contributed by atoms with Crippen LogP contribution in [0, 0.1) is 15.4 Å². The maximum atomic E-state index is 13.3. The quantitative estimate of drug-likeness (QED) is 0.472. The number of halogens is 3. The molecular formula is C15H6F3N3S3. The van der Waals surface area contributed by atoms with Gasteiger partial charge in [-0.05, 0) is 36.4 Å². The van der Waals surface area contributed by atoms with E-state index in [9.17, 15) is 13.2 Å². The normalized spacial score (nSPS) is 11.1. The molecule has 0 saturated heterocycles. The summed E-state index contributed by atoms with van der Waals surface area (Å²) < 4.78 is 40.0. The van der Waals surface area contributed by atoms with Gasteiger partial charge in [0.2, 0.25) is 0 Å². The lowest BCUT2D eigenvalue weighted by Crippen LogP contribution is -1.97. The molecule has 0 fully saturated rings. The second-order valence-corrected chi connectivity index (χ2v) is 7.72. The van der Waals surface area contributed by atoms with Crippen molar-refractivity contribution >= 4 is 34.0 Å². The van der Waals surface area contributed by atoms with E-state index in [0.29, 0.717) is 14.6 Å². The number of rotatable bonds is 3. The molecule has 4 heterocycles. The second-order valence-electron chi connectivity index (χ2n) is 4.62. The van der Waals surface area contributed by atoms with Gasteiger partial charge in [-0.15, -0.1) is 34.0 Å². The highest BCUT2D eigenvalue weighted by Crippen LogP contribution is 2.32. The molecule has 0 N–H and O–H groups in total. The minimum atomic E-state index is -0.363. The number of hydrogen-bond acceptors (Lipinski definition) is 6. The van der Waals surface area contributed by atoms with Crippen LogP contribution in [0.4, 0.5) is 13.2 Å². The van der Waals surface area contributed by atoms with Gasteiger partial charge in [-0.2, -0.15) is 13.2 Å². The molecular weight excluding hydrogens is 375 g/mol. The minimum Gasteiger partial charge on any atom is -0.206 e. The average molecular weight is 381 g/mol. The van der Waals surface area contributed by atoms with Crippen LogP contribution in [0.15, 0.2) is 36.4 Å². The van der Waals surface area contributed by atoms with Crippen molar-refractivity contribution in [3.05, 3.63) is 51.8 Å². The van der Waals surface area contributed by atoms with Crippen LogP contribution >= 0.6 is 34.0 Å². The monoisotopic (exact) mass is 381 g/mol. The van der Waals surface area contributed by atoms with E-state index >= 15 is 0 Å². The van der Waals surface area contributed by atoms with Gasteiger partial charge in [0, 0.05) is 0 Å². The highest BCUT2D eigenvalue weighted by atomic mass is 32.1. The molecule has 4 aromatic heterocycles. The summed E-state index contributed by atoms with van der Waals surface area (Å²) >= 11 is 2.69. The molecule has 4 rings (SSSR count). The van der Waals surface area contributed by atoms with Crippen LogP contribution in [-0.4, -0.2) is 15.0 Å². The third kappa shape index (κ3) is 2.97. The number of hydrogen-bond donors (Lipinski definition) is 0. The molecule has 4 aromatic rings. The standard InChI is InChI=1S/C15H6F3N3S3/c16-10-4-1-7(22-10)13-19-14(8-2-5-11(17)23-8)21-15(20-13)9-3-6-12(18)24-9/h1-6H. The maximum Gasteiger partial charge on any atom is 0.177 e. The predicted molar refractivity (Wildman–Crippen MR) is 89.6 cm³/mol. The lowest BCUT2D eigenvalue weighted by Gasteiger charge is -2.03. The van der Waals surface area contributed by atoms with Gasteiger partial charge in [-0.25, -0.2) is 15.0 Å². The van der Waals surface area contributed by atoms with Crippen LogP contribution in [0.1, 0.15) is 0 Å². The maximum absolute atomic E-state index is 13.3. The van der Waals surface area contributed by atoms with Crippen LogP contribution < -0.4 is 0 Å². The highest BCUT2D eigenvalue weighted by molar-refractivity contribution is 7.14. The minimum absolute atomic E-state index is 0.270. The van der Waals surface area contributed by atoms with Crippen molar-refractivity contribution < 1.29 is 13.2 Å². The molecule has 0 unspecified atom stereocenters. The predicted octanol–water partition coefficient (Wildman–Crippen LogP) is 5.47. The Bertz CT molecular complexity index is 880. The molecule has 0 aliphatic rings. The third-order valence-corrected chi connectivity index (χ3v) is 5.63. The Labute approximate surface area is 146 Å². The van der Waals surface area contributed by atoms with E-state index in [-0.39, 0.29) is 32.9 Å². The molecule has 9 heteroatoms. The summed E-state index contributed by atoms with van der Waals surface area (Å²) in [6.07, 6.45) is 0. The SMILES string of the molecule is Fc1ccc(-c2nc(-c3ccc(F)s3)nc(-c3ccc(F)s3)n2)s1. The Morgan fingerprint density at radius 2 is 0.792 bits per heavy atom. The molecule has 120 valence electrons. The fraction of sp³-hybridized carbons (Fsp3) is 0. The van der Waals surface area contributed by atoms with Gasteiger partial charge in [-0.1, -0.05) is 0 Å². The summed E-state index contributed by atoms with van der Waals surface area (Å²) in [5, 5.41) is -1.09. The van der Waals surface area contributed by atoms with Crippen molar-refractivity contribution in [2.24, 2.45) is 0 Å². The molecule has 0 radical (unpaired) electrons. The zero-order valence-electron chi connectivity index (χ0n) is 11.7. The molecule has 0 aliphatic carbocycles. The van der Waals surface area contributed by atoms with Crippen molar-refractivity contribution in [2.45, 2.75) is 0 Å². The van der Waals surface area contributed by atoms with Crippen LogP contribution in [0.3, 0.4) is 0 Å². The first-order valence-electron chi connectivity index (χ1n) is 6.62. The topological polar surface area (TPSA) is 38.7 Å². The molecule has 0 saturated carbocycles. The summed E-state index contributed by atoms with van der Waals surface area (Å²) in [6, 6.07) is 8.64. The zero-order valence-corrected chi connectivity index (χ0v) is 14.1. The summed E-state index contributed by atoms with van der Waals surface area (Å²) in [6.45, 7) is 0. The van der Waals surface area contributed by atoms with Crippen LogP contribution in [-0.2, 0) is 0 Å². The van der Waals surface area contributed by atoms with Crippen molar-refractivity contribution in [2.75, 3.05) is 0 Å². The Balaban J connectivity index is 1.90. The van der Waals surface area contributed by atoms with Gasteiger partial charge in [0.05, 0.1) is 14.6 Å². The molecule has 0 aliphatic heterocycles. The molecule has 3 nitrogen and oxygen atoms in total. The first kappa shape index (κ1) is 15.4. The van der Waals surface area contributed by atoms with Crippen molar-refractivity contribution in [3.63, 3.8) is 0 Å².